The number of nitrogens with zero attached hydrogens (tertiary/aromatic N) is 4. The molecule has 6 heteroatoms. The van der Waals surface area contributed by atoms with Crippen LogP contribution in [0.3, 0.4) is 0 Å². The third-order valence-electron chi connectivity index (χ3n) is 4.22. The van der Waals surface area contributed by atoms with E-state index in [2.05, 4.69) is 33.8 Å². The largest absolute Gasteiger partial charge is 0.492 e. The molecule has 6 nitrogen and oxygen atoms in total. The maximum absolute atomic E-state index is 5.77. The fourth-order valence-corrected chi connectivity index (χ4v) is 2.74. The molecule has 1 fully saturated rings. The molecular weight excluding hydrogens is 304 g/mol. The van der Waals surface area contributed by atoms with Crippen LogP contribution in [0.15, 0.2) is 34.7 Å². The minimum Gasteiger partial charge on any atom is -0.492 e. The molecule has 1 aromatic carbocycles. The van der Waals surface area contributed by atoms with Crippen molar-refractivity contribution in [2.45, 2.75) is 26.3 Å². The van der Waals surface area contributed by atoms with Gasteiger partial charge < -0.3 is 9.15 Å². The molecule has 0 aliphatic carbocycles. The average Bonchev–Trinajstić information content (AvgIpc) is 3.06. The summed E-state index contributed by atoms with van der Waals surface area (Å²) in [6, 6.07) is 9.98. The number of hydrogen-bond donors (Lipinski definition) is 0. The van der Waals surface area contributed by atoms with E-state index in [9.17, 15) is 0 Å². The van der Waals surface area contributed by atoms with E-state index in [0.29, 0.717) is 0 Å². The predicted octanol–water partition coefficient (Wildman–Crippen LogP) is 2.39. The van der Waals surface area contributed by atoms with Crippen molar-refractivity contribution in [1.82, 2.24) is 20.0 Å². The van der Waals surface area contributed by atoms with E-state index < -0.39 is 0 Å². The third-order valence-corrected chi connectivity index (χ3v) is 4.22. The zero-order chi connectivity index (χ0) is 16.8. The standard InChI is InChI=1S/C18H26N4O2/c1-15(2)18-20-19-17(24-18)14-22-10-8-21(9-11-22)12-13-23-16-6-4-3-5-7-16/h3-7,15H,8-14H2,1-2H3. The number of benzene rings is 1. The Morgan fingerprint density at radius 3 is 2.42 bits per heavy atom. The molecule has 0 spiro atoms. The molecule has 0 N–H and O–H groups in total. The van der Waals surface area contributed by atoms with Crippen LogP contribution in [0.25, 0.3) is 0 Å². The van der Waals surface area contributed by atoms with E-state index in [1.54, 1.807) is 0 Å². The van der Waals surface area contributed by atoms with Crippen LogP contribution in [0.1, 0.15) is 31.5 Å². The first kappa shape index (κ1) is 16.9. The van der Waals surface area contributed by atoms with E-state index >= 15 is 0 Å². The monoisotopic (exact) mass is 330 g/mol. The van der Waals surface area contributed by atoms with Crippen LogP contribution in [0.4, 0.5) is 0 Å². The van der Waals surface area contributed by atoms with Gasteiger partial charge in [-0.15, -0.1) is 10.2 Å². The number of aromatic nitrogens is 2. The molecule has 0 bridgehead atoms. The Balaban J connectivity index is 1.36. The summed E-state index contributed by atoms with van der Waals surface area (Å²) >= 11 is 0. The molecule has 0 amide bonds. The highest BCUT2D eigenvalue weighted by molar-refractivity contribution is 5.20. The van der Waals surface area contributed by atoms with E-state index in [0.717, 1.165) is 63.4 Å². The Morgan fingerprint density at radius 1 is 1.04 bits per heavy atom. The van der Waals surface area contributed by atoms with Crippen molar-refractivity contribution in [2.24, 2.45) is 0 Å². The van der Waals surface area contributed by atoms with Crippen LogP contribution in [0.5, 0.6) is 5.75 Å². The lowest BCUT2D eigenvalue weighted by atomic mass is 10.2. The number of ether oxygens (including phenoxy) is 1. The van der Waals surface area contributed by atoms with Gasteiger partial charge in [0.2, 0.25) is 11.8 Å². The molecule has 3 rings (SSSR count). The highest BCUT2D eigenvalue weighted by atomic mass is 16.5. The van der Waals surface area contributed by atoms with Crippen LogP contribution in [-0.2, 0) is 6.54 Å². The van der Waals surface area contributed by atoms with Crippen molar-refractivity contribution < 1.29 is 9.15 Å². The van der Waals surface area contributed by atoms with Gasteiger partial charge in [-0.05, 0) is 12.1 Å². The molecule has 0 unspecified atom stereocenters. The molecule has 1 aromatic heterocycles. The van der Waals surface area contributed by atoms with Gasteiger partial charge >= 0.3 is 0 Å². The minimum absolute atomic E-state index is 0.285. The molecule has 24 heavy (non-hydrogen) atoms. The second-order valence-electron chi connectivity index (χ2n) is 6.47. The van der Waals surface area contributed by atoms with Gasteiger partial charge in [0.15, 0.2) is 0 Å². The lowest BCUT2D eigenvalue weighted by molar-refractivity contribution is 0.106. The summed E-state index contributed by atoms with van der Waals surface area (Å²) in [4.78, 5) is 4.80. The summed E-state index contributed by atoms with van der Waals surface area (Å²) in [6.45, 7) is 10.7. The maximum atomic E-state index is 5.77. The summed E-state index contributed by atoms with van der Waals surface area (Å²) in [6.07, 6.45) is 0. The number of hydrogen-bond acceptors (Lipinski definition) is 6. The molecule has 0 radical (unpaired) electrons. The van der Waals surface area contributed by atoms with Crippen molar-refractivity contribution in [1.29, 1.82) is 0 Å². The molecule has 1 aliphatic heterocycles. The van der Waals surface area contributed by atoms with Crippen LogP contribution in [0.2, 0.25) is 0 Å². The van der Waals surface area contributed by atoms with Gasteiger partial charge in [0.25, 0.3) is 0 Å². The van der Waals surface area contributed by atoms with Crippen molar-refractivity contribution in [2.75, 3.05) is 39.3 Å². The SMILES string of the molecule is CC(C)c1nnc(CN2CCN(CCOc3ccccc3)CC2)o1. The van der Waals surface area contributed by atoms with Crippen molar-refractivity contribution in [3.05, 3.63) is 42.1 Å². The molecule has 1 aliphatic rings. The smallest absolute Gasteiger partial charge is 0.230 e. The molecule has 2 aromatic rings. The van der Waals surface area contributed by atoms with E-state index in [4.69, 9.17) is 9.15 Å². The van der Waals surface area contributed by atoms with Gasteiger partial charge in [-0.2, -0.15) is 0 Å². The summed E-state index contributed by atoms with van der Waals surface area (Å²) in [5.41, 5.74) is 0. The first-order chi connectivity index (χ1) is 11.7. The van der Waals surface area contributed by atoms with Crippen molar-refractivity contribution in [3.8, 4) is 5.75 Å². The van der Waals surface area contributed by atoms with Crippen molar-refractivity contribution in [3.63, 3.8) is 0 Å². The number of piperazine rings is 1. The summed E-state index contributed by atoms with van der Waals surface area (Å²) in [7, 11) is 0. The normalized spacial score (nSPS) is 16.6. The Bertz CT molecular complexity index is 606. The quantitative estimate of drug-likeness (QED) is 0.777. The van der Waals surface area contributed by atoms with Gasteiger partial charge in [0.05, 0.1) is 6.54 Å². The predicted molar refractivity (Wildman–Crippen MR) is 92.0 cm³/mol. The molecule has 1 saturated heterocycles. The first-order valence-corrected chi connectivity index (χ1v) is 8.65. The van der Waals surface area contributed by atoms with Gasteiger partial charge in [-0.1, -0.05) is 32.0 Å². The maximum Gasteiger partial charge on any atom is 0.230 e. The van der Waals surface area contributed by atoms with Crippen LogP contribution < -0.4 is 4.74 Å². The highest BCUT2D eigenvalue weighted by Crippen LogP contribution is 2.14. The van der Waals surface area contributed by atoms with Crippen molar-refractivity contribution >= 4 is 0 Å². The fourth-order valence-electron chi connectivity index (χ4n) is 2.74. The number of para-hydroxylation sites is 1. The van der Waals surface area contributed by atoms with Crippen LogP contribution in [-0.4, -0.2) is 59.3 Å². The Morgan fingerprint density at radius 2 is 1.75 bits per heavy atom. The zero-order valence-electron chi connectivity index (χ0n) is 14.5. The summed E-state index contributed by atoms with van der Waals surface area (Å²) in [5.74, 6) is 2.67. The van der Waals surface area contributed by atoms with E-state index in [-0.39, 0.29) is 5.92 Å². The average molecular weight is 330 g/mol. The second kappa shape index (κ2) is 8.26. The zero-order valence-corrected chi connectivity index (χ0v) is 14.5. The minimum atomic E-state index is 0.285. The Hall–Kier alpha value is -1.92. The van der Waals surface area contributed by atoms with Gasteiger partial charge in [-0.3, -0.25) is 9.80 Å². The third kappa shape index (κ3) is 4.79. The molecule has 0 saturated carbocycles. The summed E-state index contributed by atoms with van der Waals surface area (Å²) < 4.78 is 11.5. The fraction of sp³-hybridized carbons (Fsp3) is 0.556. The van der Waals surface area contributed by atoms with E-state index in [1.165, 1.54) is 0 Å². The first-order valence-electron chi connectivity index (χ1n) is 8.65. The Labute approximate surface area is 143 Å². The van der Waals surface area contributed by atoms with Gasteiger partial charge in [-0.25, -0.2) is 0 Å². The summed E-state index contributed by atoms with van der Waals surface area (Å²) in [5, 5.41) is 8.24. The Kier molecular flexibility index (Phi) is 5.82. The second-order valence-corrected chi connectivity index (χ2v) is 6.47. The van der Waals surface area contributed by atoms with Gasteiger partial charge in [0.1, 0.15) is 12.4 Å². The van der Waals surface area contributed by atoms with E-state index in [1.807, 2.05) is 30.3 Å². The van der Waals surface area contributed by atoms with Gasteiger partial charge in [0, 0.05) is 38.6 Å². The molecular formula is C18H26N4O2. The highest BCUT2D eigenvalue weighted by Gasteiger charge is 2.19. The molecule has 0 atom stereocenters. The van der Waals surface area contributed by atoms with Crippen LogP contribution >= 0.6 is 0 Å². The molecule has 2 heterocycles. The number of rotatable bonds is 7. The lowest BCUT2D eigenvalue weighted by Crippen LogP contribution is -2.47. The molecule has 130 valence electrons. The lowest BCUT2D eigenvalue weighted by Gasteiger charge is -2.33. The topological polar surface area (TPSA) is 54.6 Å². The van der Waals surface area contributed by atoms with Crippen LogP contribution in [0, 0.1) is 0 Å².